The number of nitrogens with zero attached hydrogens (tertiary/aromatic N) is 1. The molecule has 2 aromatic carbocycles. The number of nitriles is 1. The largest absolute Gasteiger partial charge is 0.468 e. The highest BCUT2D eigenvalue weighted by Gasteiger charge is 2.63. The van der Waals surface area contributed by atoms with Crippen molar-refractivity contribution >= 4 is 5.97 Å². The maximum Gasteiger partial charge on any atom is 0.327 e. The van der Waals surface area contributed by atoms with E-state index in [2.05, 4.69) is 0 Å². The molecule has 144 valence electrons. The molecule has 0 amide bonds. The van der Waals surface area contributed by atoms with Crippen LogP contribution in [0.4, 0.5) is 0 Å². The molecule has 1 heterocycles. The predicted octanol–water partition coefficient (Wildman–Crippen LogP) is 3.77. The number of benzene rings is 2. The first-order chi connectivity index (χ1) is 15.2. The second-order valence-electron chi connectivity index (χ2n) is 6.76. The molecule has 0 N–H and O–H groups in total. The summed E-state index contributed by atoms with van der Waals surface area (Å²) in [5.41, 5.74) is -1.55. The van der Waals surface area contributed by atoms with Crippen molar-refractivity contribution in [3.05, 3.63) is 71.8 Å². The molecular weight excluding hydrogens is 354 g/mol. The van der Waals surface area contributed by atoms with Crippen LogP contribution in [0.1, 0.15) is 41.2 Å². The Kier molecular flexibility index (Phi) is 3.78. The maximum atomic E-state index is 13.4. The minimum absolute atomic E-state index is 0.0141. The molecule has 1 spiro atoms. The molecule has 1 saturated heterocycles. The van der Waals surface area contributed by atoms with Gasteiger partial charge < -0.3 is 14.2 Å². The molecule has 28 heavy (non-hydrogen) atoms. The van der Waals surface area contributed by atoms with Crippen LogP contribution in [0.15, 0.2) is 60.7 Å². The second-order valence-corrected chi connectivity index (χ2v) is 6.76. The second kappa shape index (κ2) is 7.38. The van der Waals surface area contributed by atoms with E-state index < -0.39 is 41.8 Å². The summed E-state index contributed by atoms with van der Waals surface area (Å²) < 4.78 is 53.0. The van der Waals surface area contributed by atoms with E-state index in [1.54, 1.807) is 60.7 Å². The Morgan fingerprint density at radius 2 is 1.50 bits per heavy atom. The Labute approximate surface area is 170 Å². The average molecular weight is 381 g/mol. The van der Waals surface area contributed by atoms with Crippen molar-refractivity contribution in [1.82, 2.24) is 0 Å². The van der Waals surface area contributed by atoms with Crippen molar-refractivity contribution in [3.63, 3.8) is 0 Å². The quantitative estimate of drug-likeness (QED) is 0.757. The van der Waals surface area contributed by atoms with Gasteiger partial charge in [0.25, 0.3) is 0 Å². The van der Waals surface area contributed by atoms with Crippen molar-refractivity contribution in [2.45, 2.75) is 30.4 Å². The van der Waals surface area contributed by atoms with Crippen LogP contribution >= 0.6 is 0 Å². The van der Waals surface area contributed by atoms with Crippen molar-refractivity contribution in [3.8, 4) is 6.07 Å². The summed E-state index contributed by atoms with van der Waals surface area (Å²) in [6.07, 6.45) is -5.22. The first kappa shape index (κ1) is 14.3. The first-order valence-corrected chi connectivity index (χ1v) is 9.08. The Morgan fingerprint density at radius 1 is 1.04 bits per heavy atom. The van der Waals surface area contributed by atoms with Gasteiger partial charge in [0.2, 0.25) is 0 Å². The lowest BCUT2D eigenvalue weighted by Crippen LogP contribution is -2.53. The van der Waals surface area contributed by atoms with Crippen LogP contribution in [0.3, 0.4) is 0 Å². The van der Waals surface area contributed by atoms with Gasteiger partial charge in [0.05, 0.1) is 26.4 Å². The number of hydrogen-bond acceptors (Lipinski definition) is 5. The van der Waals surface area contributed by atoms with E-state index in [1.165, 1.54) is 0 Å². The summed E-state index contributed by atoms with van der Waals surface area (Å²) in [6, 6.07) is 18.6. The zero-order chi connectivity index (χ0) is 23.2. The van der Waals surface area contributed by atoms with Crippen molar-refractivity contribution < 1.29 is 24.5 Å². The van der Waals surface area contributed by atoms with Crippen LogP contribution in [0.25, 0.3) is 0 Å². The van der Waals surface area contributed by atoms with Gasteiger partial charge in [0.1, 0.15) is 0 Å². The highest BCUT2D eigenvalue weighted by molar-refractivity contribution is 5.83. The minimum atomic E-state index is -2.61. The molecule has 2 aliphatic rings. The zero-order valence-electron chi connectivity index (χ0n) is 19.4. The molecule has 5 nitrogen and oxygen atoms in total. The van der Waals surface area contributed by atoms with Crippen LogP contribution in [-0.4, -0.2) is 32.1 Å². The SMILES string of the molecule is [2H]C1([2H])[C@H](c2ccccc2)C(C#N)(C(=O)OC)[C@H](c2ccccc2)C([2H])([2H])C12OCCO2. The monoisotopic (exact) mass is 381 g/mol. The lowest BCUT2D eigenvalue weighted by Gasteiger charge is -2.49. The molecule has 0 bridgehead atoms. The Hall–Kier alpha value is -2.68. The van der Waals surface area contributed by atoms with Crippen LogP contribution in [-0.2, 0) is 19.0 Å². The maximum absolute atomic E-state index is 13.4. The van der Waals surface area contributed by atoms with Crippen molar-refractivity contribution in [2.24, 2.45) is 5.41 Å². The fourth-order valence-corrected chi connectivity index (χ4v) is 3.96. The van der Waals surface area contributed by atoms with E-state index in [4.69, 9.17) is 19.7 Å². The smallest absolute Gasteiger partial charge is 0.327 e. The van der Waals surface area contributed by atoms with Gasteiger partial charge in [0.15, 0.2) is 11.2 Å². The summed E-state index contributed by atoms with van der Waals surface area (Å²) in [4.78, 5) is 13.4. The van der Waals surface area contributed by atoms with Crippen molar-refractivity contribution in [2.75, 3.05) is 20.3 Å². The van der Waals surface area contributed by atoms with E-state index in [0.717, 1.165) is 7.11 Å². The molecule has 2 aromatic rings. The molecule has 1 aliphatic carbocycles. The van der Waals surface area contributed by atoms with Gasteiger partial charge in [-0.1, -0.05) is 60.7 Å². The number of rotatable bonds is 3. The van der Waals surface area contributed by atoms with Gasteiger partial charge >= 0.3 is 5.97 Å². The standard InChI is InChI=1S/C23H23NO4/c1-26-21(25)23(16-24)19(17-8-4-2-5-9-17)14-22(27-12-13-28-22)15-20(23)18-10-6-3-7-11-18/h2-11,19-20H,12-15H2,1H3/t19-,20+,23?/i14D2,15D2. The van der Waals surface area contributed by atoms with Gasteiger partial charge in [-0.25, -0.2) is 0 Å². The van der Waals surface area contributed by atoms with Gasteiger partial charge in [-0.05, 0) is 11.1 Å². The molecule has 2 fully saturated rings. The molecule has 1 aliphatic heterocycles. The van der Waals surface area contributed by atoms with Crippen LogP contribution in [0.2, 0.25) is 0 Å². The molecule has 5 heteroatoms. The normalized spacial score (nSPS) is 34.3. The first-order valence-electron chi connectivity index (χ1n) is 11.1. The van der Waals surface area contributed by atoms with Crippen LogP contribution in [0.5, 0.6) is 0 Å². The Balaban J connectivity index is 2.14. The summed E-state index contributed by atoms with van der Waals surface area (Å²) in [5.74, 6) is -6.24. The van der Waals surface area contributed by atoms with E-state index in [1.807, 2.05) is 6.07 Å². The topological polar surface area (TPSA) is 68.6 Å². The highest BCUT2D eigenvalue weighted by Crippen LogP contribution is 2.59. The minimum Gasteiger partial charge on any atom is -0.468 e. The third kappa shape index (κ3) is 2.90. The number of ether oxygens (including phenoxy) is 3. The van der Waals surface area contributed by atoms with Gasteiger partial charge in [-0.2, -0.15) is 5.26 Å². The number of methoxy groups -OCH3 is 1. The van der Waals surface area contributed by atoms with Gasteiger partial charge in [-0.15, -0.1) is 0 Å². The Bertz CT molecular complexity index is 971. The van der Waals surface area contributed by atoms with E-state index in [9.17, 15) is 10.1 Å². The molecule has 3 atom stereocenters. The number of esters is 1. The van der Waals surface area contributed by atoms with Gasteiger partial charge in [-0.3, -0.25) is 4.79 Å². The molecule has 4 rings (SSSR count). The third-order valence-electron chi connectivity index (χ3n) is 5.25. The fraction of sp³-hybridized carbons (Fsp3) is 0.391. The number of carbonyl (C=O) groups excluding carboxylic acids is 1. The zero-order valence-corrected chi connectivity index (χ0v) is 15.4. The lowest BCUT2D eigenvalue weighted by molar-refractivity contribution is -0.204. The summed E-state index contributed by atoms with van der Waals surface area (Å²) in [7, 11) is 1.11. The van der Waals surface area contributed by atoms with Crippen LogP contribution < -0.4 is 0 Å². The summed E-state index contributed by atoms with van der Waals surface area (Å²) in [5, 5.41) is 10.5. The molecule has 0 radical (unpaired) electrons. The van der Waals surface area contributed by atoms with Crippen LogP contribution in [0, 0.1) is 16.7 Å². The lowest BCUT2D eigenvalue weighted by atomic mass is 9.55. The fourth-order valence-electron chi connectivity index (χ4n) is 3.96. The van der Waals surface area contributed by atoms with Gasteiger partial charge in [0, 0.05) is 30.1 Å². The highest BCUT2D eigenvalue weighted by atomic mass is 16.7. The van der Waals surface area contributed by atoms with E-state index in [0.29, 0.717) is 11.1 Å². The summed E-state index contributed by atoms with van der Waals surface area (Å²) in [6.45, 7) is -0.0281. The van der Waals surface area contributed by atoms with E-state index >= 15 is 0 Å². The predicted molar refractivity (Wildman–Crippen MR) is 102 cm³/mol. The third-order valence-corrected chi connectivity index (χ3v) is 5.25. The average Bonchev–Trinajstić information content (AvgIpc) is 3.31. The molecule has 1 unspecified atom stereocenters. The number of hydrogen-bond donors (Lipinski definition) is 0. The number of carbonyl (C=O) groups is 1. The molecular formula is C23H23NO4. The summed E-state index contributed by atoms with van der Waals surface area (Å²) >= 11 is 0. The van der Waals surface area contributed by atoms with E-state index in [-0.39, 0.29) is 13.2 Å². The molecule has 1 saturated carbocycles. The molecule has 0 aromatic heterocycles. The van der Waals surface area contributed by atoms with Crippen molar-refractivity contribution in [1.29, 1.82) is 5.26 Å². The Morgan fingerprint density at radius 3 is 1.89 bits per heavy atom.